The van der Waals surface area contributed by atoms with Crippen molar-refractivity contribution in [2.75, 3.05) is 18.0 Å². The second-order valence-corrected chi connectivity index (χ2v) is 10.3. The van der Waals surface area contributed by atoms with E-state index in [-0.39, 0.29) is 29.8 Å². The Morgan fingerprint density at radius 2 is 1.55 bits per heavy atom. The lowest BCUT2D eigenvalue weighted by Crippen LogP contribution is -2.44. The summed E-state index contributed by atoms with van der Waals surface area (Å²) in [5.74, 6) is -0.746. The van der Waals surface area contributed by atoms with Crippen LogP contribution in [0.4, 0.5) is 10.1 Å². The third kappa shape index (κ3) is 5.31. The third-order valence-corrected chi connectivity index (χ3v) is 7.96. The van der Waals surface area contributed by atoms with Gasteiger partial charge in [-0.3, -0.25) is 4.79 Å². The molecule has 1 amide bonds. The molecule has 1 aliphatic rings. The number of carbonyl (C=O) groups excluding carboxylic acids is 1. The summed E-state index contributed by atoms with van der Waals surface area (Å²) >= 11 is 0. The van der Waals surface area contributed by atoms with Gasteiger partial charge in [-0.15, -0.1) is 0 Å². The Balaban J connectivity index is 1.49. The first-order valence-corrected chi connectivity index (χ1v) is 12.5. The van der Waals surface area contributed by atoms with E-state index in [2.05, 4.69) is 0 Å². The molecule has 0 saturated carbocycles. The molecule has 0 unspecified atom stereocenters. The van der Waals surface area contributed by atoms with Gasteiger partial charge in [0.25, 0.3) is 0 Å². The normalized spacial score (nSPS) is 15.3. The van der Waals surface area contributed by atoms with E-state index in [0.29, 0.717) is 19.4 Å². The summed E-state index contributed by atoms with van der Waals surface area (Å²) in [7, 11) is -3.71. The van der Waals surface area contributed by atoms with Crippen LogP contribution < -0.4 is 4.90 Å². The van der Waals surface area contributed by atoms with E-state index in [9.17, 15) is 17.6 Å². The summed E-state index contributed by atoms with van der Waals surface area (Å²) in [4.78, 5) is 15.4. The van der Waals surface area contributed by atoms with Crippen molar-refractivity contribution in [3.63, 3.8) is 0 Å². The Morgan fingerprint density at radius 1 is 0.939 bits per heavy atom. The van der Waals surface area contributed by atoms with E-state index in [1.807, 2.05) is 61.5 Å². The molecule has 0 radical (unpaired) electrons. The van der Waals surface area contributed by atoms with Gasteiger partial charge >= 0.3 is 0 Å². The minimum absolute atomic E-state index is 0.00142. The number of sulfonamides is 1. The van der Waals surface area contributed by atoms with E-state index in [1.165, 1.54) is 16.4 Å². The van der Waals surface area contributed by atoms with Crippen LogP contribution in [0.25, 0.3) is 0 Å². The minimum atomic E-state index is -3.71. The van der Waals surface area contributed by atoms with Crippen LogP contribution in [-0.4, -0.2) is 31.7 Å². The number of benzene rings is 3. The fraction of sp³-hybridized carbons (Fsp3) is 0.269. The molecule has 172 valence electrons. The topological polar surface area (TPSA) is 57.7 Å². The molecule has 0 atom stereocenters. The average molecular weight is 467 g/mol. The Bertz CT molecular complexity index is 1190. The number of anilines is 1. The molecule has 1 aliphatic heterocycles. The second kappa shape index (κ2) is 9.85. The highest BCUT2D eigenvalue weighted by atomic mass is 32.2. The number of hydrogen-bond acceptors (Lipinski definition) is 3. The maximum Gasteiger partial charge on any atom is 0.243 e. The van der Waals surface area contributed by atoms with Crippen molar-refractivity contribution in [3.8, 4) is 0 Å². The molecule has 0 aliphatic carbocycles. The molecule has 4 rings (SSSR count). The third-order valence-electron chi connectivity index (χ3n) is 6.05. The summed E-state index contributed by atoms with van der Waals surface area (Å²) in [5.41, 5.74) is 2.98. The highest BCUT2D eigenvalue weighted by Gasteiger charge is 2.34. The standard InChI is InChI=1S/C26H27FN2O3S/c1-20-7-11-24(12-8-20)29(19-21-5-3-2-4-6-21)26(30)22-15-17-28(18-16-22)33(31,32)25-13-9-23(27)10-14-25/h2-14,22H,15-19H2,1H3. The van der Waals surface area contributed by atoms with Crippen molar-refractivity contribution >= 4 is 21.6 Å². The van der Waals surface area contributed by atoms with Gasteiger partial charge in [0.2, 0.25) is 15.9 Å². The lowest BCUT2D eigenvalue weighted by Gasteiger charge is -2.34. The van der Waals surface area contributed by atoms with Crippen LogP contribution >= 0.6 is 0 Å². The molecular weight excluding hydrogens is 439 g/mol. The highest BCUT2D eigenvalue weighted by molar-refractivity contribution is 7.89. The van der Waals surface area contributed by atoms with Crippen LogP contribution in [0.3, 0.4) is 0 Å². The SMILES string of the molecule is Cc1ccc(N(Cc2ccccc2)C(=O)C2CCN(S(=O)(=O)c3ccc(F)cc3)CC2)cc1. The fourth-order valence-corrected chi connectivity index (χ4v) is 5.58. The first-order chi connectivity index (χ1) is 15.8. The van der Waals surface area contributed by atoms with Crippen molar-refractivity contribution in [1.82, 2.24) is 4.31 Å². The largest absolute Gasteiger partial charge is 0.308 e. The van der Waals surface area contributed by atoms with Crippen molar-refractivity contribution in [2.24, 2.45) is 5.92 Å². The van der Waals surface area contributed by atoms with Crippen LogP contribution in [-0.2, 0) is 21.4 Å². The maximum atomic E-state index is 13.6. The molecule has 3 aromatic carbocycles. The van der Waals surface area contributed by atoms with E-state index < -0.39 is 15.8 Å². The second-order valence-electron chi connectivity index (χ2n) is 8.38. The molecule has 33 heavy (non-hydrogen) atoms. The first kappa shape index (κ1) is 23.1. The molecule has 3 aromatic rings. The van der Waals surface area contributed by atoms with Gasteiger partial charge in [-0.25, -0.2) is 12.8 Å². The number of rotatable bonds is 6. The van der Waals surface area contributed by atoms with Gasteiger partial charge in [0.1, 0.15) is 5.82 Å². The van der Waals surface area contributed by atoms with Crippen LogP contribution in [0.2, 0.25) is 0 Å². The highest BCUT2D eigenvalue weighted by Crippen LogP contribution is 2.28. The van der Waals surface area contributed by atoms with Gasteiger partial charge in [0.15, 0.2) is 0 Å². The summed E-state index contributed by atoms with van der Waals surface area (Å²) in [6.45, 7) is 2.97. The molecular formula is C26H27FN2O3S. The Kier molecular flexibility index (Phi) is 6.91. The molecule has 0 N–H and O–H groups in total. The fourth-order valence-electron chi connectivity index (χ4n) is 4.11. The van der Waals surface area contributed by atoms with Gasteiger partial charge in [0, 0.05) is 24.7 Å². The summed E-state index contributed by atoms with van der Waals surface area (Å²) in [6, 6.07) is 22.5. The van der Waals surface area contributed by atoms with E-state index >= 15 is 0 Å². The molecule has 5 nitrogen and oxygen atoms in total. The minimum Gasteiger partial charge on any atom is -0.308 e. The number of nitrogens with zero attached hydrogens (tertiary/aromatic N) is 2. The number of carbonyl (C=O) groups is 1. The Morgan fingerprint density at radius 3 is 2.15 bits per heavy atom. The first-order valence-electron chi connectivity index (χ1n) is 11.0. The van der Waals surface area contributed by atoms with Crippen molar-refractivity contribution in [3.05, 3.63) is 95.8 Å². The van der Waals surface area contributed by atoms with Gasteiger partial charge < -0.3 is 4.90 Å². The average Bonchev–Trinajstić information content (AvgIpc) is 2.84. The lowest BCUT2D eigenvalue weighted by molar-refractivity contribution is -0.123. The molecule has 7 heteroatoms. The monoisotopic (exact) mass is 466 g/mol. The lowest BCUT2D eigenvalue weighted by atomic mass is 9.96. The summed E-state index contributed by atoms with van der Waals surface area (Å²) < 4.78 is 40.4. The van der Waals surface area contributed by atoms with Crippen molar-refractivity contribution in [2.45, 2.75) is 31.2 Å². The number of halogens is 1. The molecule has 0 spiro atoms. The molecule has 1 saturated heterocycles. The van der Waals surface area contributed by atoms with E-state index in [4.69, 9.17) is 0 Å². The Labute approximate surface area is 194 Å². The zero-order valence-electron chi connectivity index (χ0n) is 18.5. The van der Waals surface area contributed by atoms with Gasteiger partial charge in [-0.2, -0.15) is 4.31 Å². The molecule has 1 heterocycles. The van der Waals surface area contributed by atoms with Crippen molar-refractivity contribution in [1.29, 1.82) is 0 Å². The molecule has 0 aromatic heterocycles. The predicted molar refractivity (Wildman–Crippen MR) is 127 cm³/mol. The predicted octanol–water partition coefficient (Wildman–Crippen LogP) is 4.77. The maximum absolute atomic E-state index is 13.6. The van der Waals surface area contributed by atoms with Crippen LogP contribution in [0.1, 0.15) is 24.0 Å². The number of piperidine rings is 1. The Hall–Kier alpha value is -3.03. The zero-order chi connectivity index (χ0) is 23.4. The smallest absolute Gasteiger partial charge is 0.243 e. The zero-order valence-corrected chi connectivity index (χ0v) is 19.3. The molecule has 1 fully saturated rings. The summed E-state index contributed by atoms with van der Waals surface area (Å²) in [5, 5.41) is 0. The van der Waals surface area contributed by atoms with Crippen molar-refractivity contribution < 1.29 is 17.6 Å². The quantitative estimate of drug-likeness (QED) is 0.526. The van der Waals surface area contributed by atoms with E-state index in [1.54, 1.807) is 4.90 Å². The van der Waals surface area contributed by atoms with Crippen LogP contribution in [0.15, 0.2) is 83.8 Å². The van der Waals surface area contributed by atoms with E-state index in [0.717, 1.165) is 28.9 Å². The summed E-state index contributed by atoms with van der Waals surface area (Å²) in [6.07, 6.45) is 0.882. The van der Waals surface area contributed by atoms with Crippen LogP contribution in [0, 0.1) is 18.7 Å². The number of amides is 1. The van der Waals surface area contributed by atoms with Gasteiger partial charge in [-0.1, -0.05) is 48.0 Å². The van der Waals surface area contributed by atoms with Gasteiger partial charge in [0.05, 0.1) is 11.4 Å². The van der Waals surface area contributed by atoms with Crippen LogP contribution in [0.5, 0.6) is 0 Å². The number of hydrogen-bond donors (Lipinski definition) is 0. The number of aryl methyl sites for hydroxylation is 1. The van der Waals surface area contributed by atoms with Gasteiger partial charge in [-0.05, 0) is 61.7 Å². The molecule has 0 bridgehead atoms.